The van der Waals surface area contributed by atoms with Gasteiger partial charge in [0.2, 0.25) is 5.89 Å². The van der Waals surface area contributed by atoms with Crippen LogP contribution in [0.25, 0.3) is 0 Å². The first-order chi connectivity index (χ1) is 8.06. The molecule has 0 aromatic carbocycles. The normalized spacial score (nSPS) is 10.5. The SMILES string of the molecule is CC(=O)c1ccn(Cc2nc(C(=O)Cl)co2)n1. The molecule has 0 fully saturated rings. The fourth-order valence-electron chi connectivity index (χ4n) is 1.25. The molecule has 0 aliphatic carbocycles. The number of ketones is 1. The van der Waals surface area contributed by atoms with E-state index in [0.29, 0.717) is 11.6 Å². The summed E-state index contributed by atoms with van der Waals surface area (Å²) in [7, 11) is 0. The highest BCUT2D eigenvalue weighted by atomic mass is 35.5. The topological polar surface area (TPSA) is 78.0 Å². The first-order valence-corrected chi connectivity index (χ1v) is 5.12. The van der Waals surface area contributed by atoms with E-state index in [0.717, 1.165) is 0 Å². The van der Waals surface area contributed by atoms with Crippen LogP contribution in [-0.4, -0.2) is 25.8 Å². The minimum Gasteiger partial charge on any atom is -0.446 e. The number of Topliss-reactive ketones (excluding diaryl/α,β-unsaturated/α-hetero) is 1. The van der Waals surface area contributed by atoms with Gasteiger partial charge < -0.3 is 4.42 Å². The molecular weight excluding hydrogens is 246 g/mol. The third-order valence-electron chi connectivity index (χ3n) is 2.05. The van der Waals surface area contributed by atoms with Gasteiger partial charge >= 0.3 is 0 Å². The number of aromatic nitrogens is 3. The summed E-state index contributed by atoms with van der Waals surface area (Å²) < 4.78 is 6.53. The Labute approximate surface area is 101 Å². The molecule has 6 nitrogen and oxygen atoms in total. The van der Waals surface area contributed by atoms with Gasteiger partial charge in [-0.15, -0.1) is 0 Å². The second-order valence-electron chi connectivity index (χ2n) is 3.35. The zero-order chi connectivity index (χ0) is 12.4. The van der Waals surface area contributed by atoms with E-state index < -0.39 is 5.24 Å². The predicted octanol–water partition coefficient (Wildman–Crippen LogP) is 1.50. The van der Waals surface area contributed by atoms with Crippen molar-refractivity contribution in [1.29, 1.82) is 0 Å². The van der Waals surface area contributed by atoms with Gasteiger partial charge in [-0.25, -0.2) is 4.98 Å². The lowest BCUT2D eigenvalue weighted by molar-refractivity contribution is 0.101. The van der Waals surface area contributed by atoms with Gasteiger partial charge in [0.05, 0.1) is 0 Å². The van der Waals surface area contributed by atoms with Crippen LogP contribution >= 0.6 is 11.6 Å². The second-order valence-corrected chi connectivity index (χ2v) is 3.70. The number of halogens is 1. The average molecular weight is 254 g/mol. The third-order valence-corrected chi connectivity index (χ3v) is 2.25. The standard InChI is InChI=1S/C10H8ClN3O3/c1-6(15)7-2-3-14(13-7)4-9-12-8(5-17-9)10(11)16/h2-3,5H,4H2,1H3. The van der Waals surface area contributed by atoms with Crippen molar-refractivity contribution in [3.8, 4) is 0 Å². The maximum absolute atomic E-state index is 11.0. The Bertz CT molecular complexity index is 523. The van der Waals surface area contributed by atoms with Crippen molar-refractivity contribution in [2.75, 3.05) is 0 Å². The third kappa shape index (κ3) is 2.59. The van der Waals surface area contributed by atoms with Crippen molar-refractivity contribution >= 4 is 22.6 Å². The lowest BCUT2D eigenvalue weighted by Crippen LogP contribution is -2.03. The molecule has 2 rings (SSSR count). The summed E-state index contributed by atoms with van der Waals surface area (Å²) in [5.41, 5.74) is 0.422. The van der Waals surface area contributed by atoms with Crippen LogP contribution in [0.3, 0.4) is 0 Å². The molecule has 0 N–H and O–H groups in total. The molecule has 0 spiro atoms. The largest absolute Gasteiger partial charge is 0.446 e. The Morgan fingerprint density at radius 1 is 1.47 bits per heavy atom. The van der Waals surface area contributed by atoms with Gasteiger partial charge in [0.15, 0.2) is 11.5 Å². The van der Waals surface area contributed by atoms with E-state index in [1.54, 1.807) is 12.3 Å². The zero-order valence-corrected chi connectivity index (χ0v) is 9.64. The van der Waals surface area contributed by atoms with Crippen LogP contribution in [0.2, 0.25) is 0 Å². The summed E-state index contributed by atoms with van der Waals surface area (Å²) in [5.74, 6) is 0.181. The molecule has 2 heterocycles. The number of hydrogen-bond acceptors (Lipinski definition) is 5. The lowest BCUT2D eigenvalue weighted by atomic mass is 10.3. The van der Waals surface area contributed by atoms with E-state index in [4.69, 9.17) is 16.0 Å². The smallest absolute Gasteiger partial charge is 0.274 e. The molecule has 0 aliphatic heterocycles. The molecule has 2 aromatic rings. The number of nitrogens with zero attached hydrogens (tertiary/aromatic N) is 3. The predicted molar refractivity (Wildman–Crippen MR) is 58.0 cm³/mol. The van der Waals surface area contributed by atoms with Crippen molar-refractivity contribution in [2.24, 2.45) is 0 Å². The van der Waals surface area contributed by atoms with E-state index in [-0.39, 0.29) is 18.0 Å². The average Bonchev–Trinajstić information content (AvgIpc) is 2.87. The summed E-state index contributed by atoms with van der Waals surface area (Å²) in [6.45, 7) is 1.67. The van der Waals surface area contributed by atoms with Crippen molar-refractivity contribution in [1.82, 2.24) is 14.8 Å². The van der Waals surface area contributed by atoms with Crippen molar-refractivity contribution in [3.63, 3.8) is 0 Å². The van der Waals surface area contributed by atoms with E-state index in [2.05, 4.69) is 10.1 Å². The van der Waals surface area contributed by atoms with Gasteiger partial charge in [0.1, 0.15) is 18.5 Å². The van der Waals surface area contributed by atoms with Crippen LogP contribution in [0.1, 0.15) is 33.8 Å². The quantitative estimate of drug-likeness (QED) is 0.609. The molecule has 0 unspecified atom stereocenters. The van der Waals surface area contributed by atoms with E-state index >= 15 is 0 Å². The fourth-order valence-corrected chi connectivity index (χ4v) is 1.34. The maximum atomic E-state index is 11.0. The molecular formula is C10H8ClN3O3. The van der Waals surface area contributed by atoms with E-state index in [9.17, 15) is 9.59 Å². The number of oxazole rings is 1. The molecule has 0 amide bonds. The molecule has 0 saturated heterocycles. The van der Waals surface area contributed by atoms with E-state index in [1.807, 2.05) is 0 Å². The molecule has 0 radical (unpaired) electrons. The van der Waals surface area contributed by atoms with Gasteiger partial charge in [0.25, 0.3) is 5.24 Å². The Kier molecular flexibility index (Phi) is 3.06. The number of carbonyl (C=O) groups excluding carboxylic acids is 2. The summed E-state index contributed by atoms with van der Waals surface area (Å²) in [6, 6.07) is 1.60. The van der Waals surface area contributed by atoms with Gasteiger partial charge in [-0.1, -0.05) is 0 Å². The summed E-state index contributed by atoms with van der Waals surface area (Å²) in [5, 5.41) is 3.33. The molecule has 0 bridgehead atoms. The van der Waals surface area contributed by atoms with Gasteiger partial charge in [-0.3, -0.25) is 14.3 Å². The second kappa shape index (κ2) is 4.50. The number of hydrogen-bond donors (Lipinski definition) is 0. The van der Waals surface area contributed by atoms with Gasteiger partial charge in [0, 0.05) is 13.1 Å². The van der Waals surface area contributed by atoms with Crippen LogP contribution in [0.4, 0.5) is 0 Å². The minimum absolute atomic E-state index is 0.0561. The Hall–Kier alpha value is -1.95. The van der Waals surface area contributed by atoms with Crippen molar-refractivity contribution in [2.45, 2.75) is 13.5 Å². The van der Waals surface area contributed by atoms with E-state index in [1.165, 1.54) is 17.9 Å². The van der Waals surface area contributed by atoms with Crippen LogP contribution in [0.15, 0.2) is 22.9 Å². The van der Waals surface area contributed by atoms with Gasteiger partial charge in [-0.2, -0.15) is 5.10 Å². The highest BCUT2D eigenvalue weighted by Gasteiger charge is 2.11. The Morgan fingerprint density at radius 2 is 2.24 bits per heavy atom. The van der Waals surface area contributed by atoms with Crippen molar-refractivity contribution in [3.05, 3.63) is 35.8 Å². The molecule has 0 atom stereocenters. The Morgan fingerprint density at radius 3 is 2.76 bits per heavy atom. The van der Waals surface area contributed by atoms with Crippen LogP contribution in [-0.2, 0) is 6.54 Å². The summed E-state index contributed by atoms with van der Waals surface area (Å²) in [4.78, 5) is 25.7. The summed E-state index contributed by atoms with van der Waals surface area (Å²) in [6.07, 6.45) is 2.81. The molecule has 0 aliphatic rings. The molecule has 88 valence electrons. The molecule has 2 aromatic heterocycles. The maximum Gasteiger partial charge on any atom is 0.274 e. The lowest BCUT2D eigenvalue weighted by Gasteiger charge is -1.95. The fraction of sp³-hybridized carbons (Fsp3) is 0.200. The number of carbonyl (C=O) groups is 2. The zero-order valence-electron chi connectivity index (χ0n) is 8.88. The summed E-state index contributed by atoms with van der Waals surface area (Å²) >= 11 is 5.24. The monoisotopic (exact) mass is 253 g/mol. The first kappa shape index (κ1) is 11.5. The molecule has 17 heavy (non-hydrogen) atoms. The van der Waals surface area contributed by atoms with Crippen molar-refractivity contribution < 1.29 is 14.0 Å². The van der Waals surface area contributed by atoms with Crippen LogP contribution in [0, 0.1) is 0 Å². The first-order valence-electron chi connectivity index (χ1n) is 4.75. The molecule has 0 saturated carbocycles. The van der Waals surface area contributed by atoms with Crippen LogP contribution < -0.4 is 0 Å². The highest BCUT2D eigenvalue weighted by Crippen LogP contribution is 2.07. The van der Waals surface area contributed by atoms with Gasteiger partial charge in [-0.05, 0) is 17.7 Å². The molecule has 7 heteroatoms. The Balaban J connectivity index is 2.13. The number of rotatable bonds is 4. The minimum atomic E-state index is -0.676. The highest BCUT2D eigenvalue weighted by molar-refractivity contribution is 6.67. The van der Waals surface area contributed by atoms with Crippen LogP contribution in [0.5, 0.6) is 0 Å².